The summed E-state index contributed by atoms with van der Waals surface area (Å²) >= 11 is 0. The van der Waals surface area contributed by atoms with E-state index in [1.807, 2.05) is 0 Å². The van der Waals surface area contributed by atoms with E-state index in [0.717, 1.165) is 0 Å². The molecule has 0 amide bonds. The smallest absolute Gasteiger partial charge is 2.00 e. The minimum atomic E-state index is -1.30. The van der Waals surface area contributed by atoms with Gasteiger partial charge in [-0.1, -0.05) is 35.8 Å². The van der Waals surface area contributed by atoms with E-state index in [1.165, 1.54) is 48.8 Å². The minimum absolute atomic E-state index is 0. The van der Waals surface area contributed by atoms with Crippen LogP contribution in [0.2, 0.25) is 0 Å². The monoisotopic (exact) mass is 421 g/mol. The van der Waals surface area contributed by atoms with Crippen LogP contribution in [0.5, 0.6) is 11.5 Å². The number of rotatable bonds is 7. The van der Waals surface area contributed by atoms with Crippen molar-refractivity contribution in [3.63, 3.8) is 0 Å². The number of carboxylic acid groups (broad SMARTS) is 2. The second-order valence-electron chi connectivity index (χ2n) is 5.13. The number of hydrogen-bond acceptors (Lipinski definition) is 6. The van der Waals surface area contributed by atoms with Crippen LogP contribution in [0.15, 0.2) is 46.4 Å². The average Bonchev–Trinajstić information content (AvgIpc) is 2.60. The first-order valence-electron chi connectivity index (χ1n) is 7.48. The van der Waals surface area contributed by atoms with Gasteiger partial charge >= 0.3 is 30.5 Å². The van der Waals surface area contributed by atoms with Crippen LogP contribution in [-0.4, -0.2) is 47.7 Å². The summed E-state index contributed by atoms with van der Waals surface area (Å²) in [5.41, 5.74) is -0.337. The molecule has 1 radical (unpaired) electrons. The molecular weight excluding hydrogens is 407 g/mol. The minimum Gasteiger partial charge on any atom is -2.00 e. The number of carboxylic acids is 2. The van der Waals surface area contributed by atoms with Gasteiger partial charge in [0.05, 0.1) is 24.2 Å². The Hall–Kier alpha value is -3.14. The molecule has 0 aliphatic rings. The molecule has 0 heterocycles. The topological polar surface area (TPSA) is 174 Å². The van der Waals surface area contributed by atoms with E-state index in [-0.39, 0.29) is 59.4 Å². The summed E-state index contributed by atoms with van der Waals surface area (Å²) in [5, 5.41) is 41.5. The van der Waals surface area contributed by atoms with E-state index in [4.69, 9.17) is 10.2 Å². The molecule has 28 heavy (non-hydrogen) atoms. The van der Waals surface area contributed by atoms with Crippen molar-refractivity contribution < 1.29 is 54.0 Å². The molecule has 0 saturated carbocycles. The number of benzene rings is 2. The van der Waals surface area contributed by atoms with Gasteiger partial charge < -0.3 is 25.9 Å². The summed E-state index contributed by atoms with van der Waals surface area (Å²) < 4.78 is 0. The first-order chi connectivity index (χ1) is 12.4. The van der Waals surface area contributed by atoms with Crippen LogP contribution in [0, 0.1) is 0 Å². The molecule has 10 heteroatoms. The van der Waals surface area contributed by atoms with Gasteiger partial charge in [0.1, 0.15) is 0 Å². The fourth-order valence-electron chi connectivity index (χ4n) is 2.09. The number of hydrogen-bond donors (Lipinski definition) is 2. The van der Waals surface area contributed by atoms with Crippen molar-refractivity contribution in [3.8, 4) is 11.5 Å². The normalized spacial score (nSPS) is 10.4. The van der Waals surface area contributed by atoms with Crippen molar-refractivity contribution >= 4 is 24.4 Å². The average molecular weight is 421 g/mol. The molecule has 9 nitrogen and oxygen atoms in total. The maximum atomic E-state index is 11.9. The number of aromatic carboxylic acids is 2. The van der Waals surface area contributed by atoms with Gasteiger partial charge in [0.25, 0.3) is 0 Å². The number of para-hydroxylation sites is 2. The van der Waals surface area contributed by atoms with Gasteiger partial charge in [-0.3, -0.25) is 9.98 Å². The van der Waals surface area contributed by atoms with E-state index in [0.29, 0.717) is 0 Å². The number of carbonyl (C=O) groups is 2. The van der Waals surface area contributed by atoms with Crippen LogP contribution in [0.25, 0.3) is 0 Å². The summed E-state index contributed by atoms with van der Waals surface area (Å²) in [6, 6.07) is 8.27. The molecule has 0 aliphatic carbocycles. The van der Waals surface area contributed by atoms with Crippen LogP contribution in [0.4, 0.5) is 0 Å². The summed E-state index contributed by atoms with van der Waals surface area (Å²) in [5.74, 6) is -3.83. The van der Waals surface area contributed by atoms with Crippen LogP contribution >= 0.6 is 0 Å². The Morgan fingerprint density at radius 1 is 0.821 bits per heavy atom. The Kier molecular flexibility index (Phi) is 10.3. The Labute approximate surface area is 171 Å². The quantitative estimate of drug-likeness (QED) is 0.490. The molecule has 0 saturated heterocycles. The van der Waals surface area contributed by atoms with E-state index < -0.39 is 23.4 Å². The van der Waals surface area contributed by atoms with Crippen molar-refractivity contribution in [2.75, 3.05) is 13.1 Å². The van der Waals surface area contributed by atoms with Gasteiger partial charge in [0, 0.05) is 12.4 Å². The molecule has 0 aliphatic heterocycles. The third-order valence-corrected chi connectivity index (χ3v) is 3.37. The van der Waals surface area contributed by atoms with Gasteiger partial charge in [-0.05, 0) is 23.3 Å². The van der Waals surface area contributed by atoms with Crippen molar-refractivity contribution in [3.05, 3.63) is 58.7 Å². The summed E-state index contributed by atoms with van der Waals surface area (Å²) in [6.45, 7) is 0.417. The van der Waals surface area contributed by atoms with E-state index in [1.54, 1.807) is 0 Å². The second-order valence-corrected chi connectivity index (χ2v) is 5.13. The maximum absolute atomic E-state index is 11.9. The molecule has 0 unspecified atom stereocenters. The van der Waals surface area contributed by atoms with Crippen LogP contribution in [0.3, 0.4) is 0 Å². The van der Waals surface area contributed by atoms with Crippen molar-refractivity contribution in [2.45, 2.75) is 0 Å². The third-order valence-electron chi connectivity index (χ3n) is 3.37. The Morgan fingerprint density at radius 2 is 1.18 bits per heavy atom. The van der Waals surface area contributed by atoms with Crippen LogP contribution in [0.1, 0.15) is 31.8 Å². The SMILES string of the molecule is O=C(O)c1cccc(C=NCCN=Cc2cccc(C(=O)O)c2[O-])c1[O-].[O-2].[V+4]. The Morgan fingerprint density at radius 3 is 1.50 bits per heavy atom. The van der Waals surface area contributed by atoms with Crippen molar-refractivity contribution in [2.24, 2.45) is 9.98 Å². The molecule has 0 bridgehead atoms. The first-order valence-corrected chi connectivity index (χ1v) is 7.48. The molecule has 0 atom stereocenters. The fraction of sp³-hybridized carbons (Fsp3) is 0.111. The van der Waals surface area contributed by atoms with Gasteiger partial charge in [0.2, 0.25) is 0 Å². The van der Waals surface area contributed by atoms with E-state index in [9.17, 15) is 19.8 Å². The van der Waals surface area contributed by atoms with Crippen molar-refractivity contribution in [1.29, 1.82) is 0 Å². The second kappa shape index (κ2) is 11.6. The molecule has 2 rings (SSSR count). The summed E-state index contributed by atoms with van der Waals surface area (Å²) in [4.78, 5) is 29.8. The van der Waals surface area contributed by atoms with E-state index >= 15 is 0 Å². The number of nitrogens with zero attached hydrogens (tertiary/aromatic N) is 2. The zero-order chi connectivity index (χ0) is 19.1. The first kappa shape index (κ1) is 24.9. The largest absolute Gasteiger partial charge is 4.00 e. The summed E-state index contributed by atoms with van der Waals surface area (Å²) in [6.07, 6.45) is 2.54. The maximum Gasteiger partial charge on any atom is 4.00 e. The standard InChI is InChI=1S/C18H16N2O6.O.V/c21-15-11(3-1-5-13(15)17(23)24)9-19-7-8-20-10-12-4-2-6-14(16(12)22)18(25)26;;/h1-6,9-10,21-22H,7-8H2,(H,23,24)(H,25,26);;/q;-2;+4/p-2. The van der Waals surface area contributed by atoms with Gasteiger partial charge in [0.15, 0.2) is 0 Å². The Balaban J connectivity index is 0.00000364. The van der Waals surface area contributed by atoms with Crippen molar-refractivity contribution in [1.82, 2.24) is 0 Å². The Bertz CT molecular complexity index is 824. The molecular formula is C18H14N2O7V. The molecule has 0 spiro atoms. The number of aliphatic imine (C=N–C) groups is 2. The molecule has 2 N–H and O–H groups in total. The predicted molar refractivity (Wildman–Crippen MR) is 91.3 cm³/mol. The third kappa shape index (κ3) is 6.24. The van der Waals surface area contributed by atoms with E-state index in [2.05, 4.69) is 9.98 Å². The molecule has 2 aromatic rings. The molecule has 0 fully saturated rings. The zero-order valence-corrected chi connectivity index (χ0v) is 15.7. The predicted octanol–water partition coefficient (Wildman–Crippen LogP) is 0.647. The zero-order valence-electron chi connectivity index (χ0n) is 14.3. The molecule has 0 aromatic heterocycles. The van der Waals surface area contributed by atoms with Gasteiger partial charge in [-0.25, -0.2) is 9.59 Å². The molecule has 2 aromatic carbocycles. The summed E-state index contributed by atoms with van der Waals surface area (Å²) in [7, 11) is 0. The van der Waals surface area contributed by atoms with Gasteiger partial charge in [-0.2, -0.15) is 0 Å². The van der Waals surface area contributed by atoms with Crippen LogP contribution < -0.4 is 10.2 Å². The van der Waals surface area contributed by atoms with Crippen LogP contribution in [-0.2, 0) is 24.0 Å². The fourth-order valence-corrected chi connectivity index (χ4v) is 2.09. The molecule has 143 valence electrons. The van der Waals surface area contributed by atoms with Gasteiger partial charge in [-0.15, -0.1) is 0 Å².